The molecule has 1 amide bonds. The molecular weight excluding hydrogens is 430 g/mol. The van der Waals surface area contributed by atoms with Crippen molar-refractivity contribution in [3.05, 3.63) is 102 Å². The number of hydrogen-bond acceptors (Lipinski definition) is 4. The fraction of sp³-hybridized carbons (Fsp3) is 0.0435. The smallest absolute Gasteiger partial charge is 0.279 e. The molecule has 156 valence electrons. The first kappa shape index (κ1) is 20.8. The predicted molar refractivity (Wildman–Crippen MR) is 124 cm³/mol. The molecule has 4 aromatic rings. The van der Waals surface area contributed by atoms with Gasteiger partial charge in [-0.2, -0.15) is 4.99 Å². The van der Waals surface area contributed by atoms with E-state index in [1.807, 2.05) is 28.8 Å². The van der Waals surface area contributed by atoms with Crippen LogP contribution in [0.3, 0.4) is 0 Å². The Kier molecular flexibility index (Phi) is 5.83. The molecule has 31 heavy (non-hydrogen) atoms. The van der Waals surface area contributed by atoms with Crippen LogP contribution in [0.4, 0.5) is 5.69 Å². The number of allylic oxidation sites excluding steroid dienone is 1. The first-order chi connectivity index (χ1) is 15.0. The molecule has 0 radical (unpaired) electrons. The predicted octanol–water partition coefficient (Wildman–Crippen LogP) is 4.43. The highest BCUT2D eigenvalue weighted by atomic mass is 32.2. The van der Waals surface area contributed by atoms with Gasteiger partial charge in [-0.1, -0.05) is 53.8 Å². The summed E-state index contributed by atoms with van der Waals surface area (Å²) in [6.07, 6.45) is 1.75. The zero-order chi connectivity index (χ0) is 21.8. The maximum Gasteiger partial charge on any atom is 0.279 e. The molecular formula is C23H19N3O3S2. The molecule has 0 atom stereocenters. The number of nitrogens with zero attached hydrogens (tertiary/aromatic N) is 2. The minimum Gasteiger partial charge on any atom is -0.312 e. The average molecular weight is 450 g/mol. The fourth-order valence-corrected chi connectivity index (χ4v) is 5.20. The minimum absolute atomic E-state index is 0.146. The summed E-state index contributed by atoms with van der Waals surface area (Å²) >= 11 is 1.41. The number of sulfonamides is 1. The van der Waals surface area contributed by atoms with Crippen LogP contribution in [-0.4, -0.2) is 18.9 Å². The van der Waals surface area contributed by atoms with E-state index in [0.29, 0.717) is 17.0 Å². The molecule has 3 aromatic carbocycles. The fourth-order valence-electron chi connectivity index (χ4n) is 3.09. The van der Waals surface area contributed by atoms with E-state index in [2.05, 4.69) is 16.3 Å². The highest BCUT2D eigenvalue weighted by Crippen LogP contribution is 2.19. The lowest BCUT2D eigenvalue weighted by Gasteiger charge is -2.08. The van der Waals surface area contributed by atoms with Crippen molar-refractivity contribution in [1.82, 2.24) is 4.57 Å². The molecule has 0 aliphatic rings. The lowest BCUT2D eigenvalue weighted by Crippen LogP contribution is -2.16. The third-order valence-electron chi connectivity index (χ3n) is 4.51. The van der Waals surface area contributed by atoms with E-state index >= 15 is 0 Å². The number of thiazole rings is 1. The number of hydrogen-bond donors (Lipinski definition) is 1. The number of benzene rings is 3. The summed E-state index contributed by atoms with van der Waals surface area (Å²) < 4.78 is 30.6. The molecule has 8 heteroatoms. The van der Waals surface area contributed by atoms with Crippen molar-refractivity contribution >= 4 is 43.2 Å². The Balaban J connectivity index is 1.67. The molecule has 0 saturated carbocycles. The number of fused-ring (bicyclic) bond motifs is 1. The van der Waals surface area contributed by atoms with Crippen LogP contribution in [-0.2, 0) is 16.6 Å². The number of aromatic nitrogens is 1. The Morgan fingerprint density at radius 1 is 1.03 bits per heavy atom. The van der Waals surface area contributed by atoms with Crippen molar-refractivity contribution < 1.29 is 13.2 Å². The van der Waals surface area contributed by atoms with Crippen molar-refractivity contribution in [2.75, 3.05) is 4.72 Å². The van der Waals surface area contributed by atoms with Crippen LogP contribution in [0.15, 0.2) is 101 Å². The van der Waals surface area contributed by atoms with Crippen molar-refractivity contribution in [1.29, 1.82) is 0 Å². The number of nitrogens with one attached hydrogen (secondary N) is 1. The summed E-state index contributed by atoms with van der Waals surface area (Å²) in [5.41, 5.74) is 1.56. The largest absolute Gasteiger partial charge is 0.312 e. The van der Waals surface area contributed by atoms with Crippen LogP contribution in [0, 0.1) is 0 Å². The Morgan fingerprint density at radius 2 is 1.77 bits per heavy atom. The van der Waals surface area contributed by atoms with E-state index in [-0.39, 0.29) is 10.5 Å². The molecule has 0 saturated heterocycles. The second kappa shape index (κ2) is 8.71. The van der Waals surface area contributed by atoms with Crippen LogP contribution in [0.5, 0.6) is 0 Å². The van der Waals surface area contributed by atoms with Crippen LogP contribution >= 0.6 is 11.3 Å². The first-order valence-electron chi connectivity index (χ1n) is 9.44. The summed E-state index contributed by atoms with van der Waals surface area (Å²) in [4.78, 5) is 17.9. The highest BCUT2D eigenvalue weighted by Gasteiger charge is 2.15. The van der Waals surface area contributed by atoms with Gasteiger partial charge < -0.3 is 4.57 Å². The van der Waals surface area contributed by atoms with Gasteiger partial charge in [-0.15, -0.1) is 6.58 Å². The van der Waals surface area contributed by atoms with Gasteiger partial charge in [-0.3, -0.25) is 9.52 Å². The Labute approximate surface area is 183 Å². The molecule has 0 aliphatic carbocycles. The minimum atomic E-state index is -3.75. The lowest BCUT2D eigenvalue weighted by molar-refractivity contribution is 0.0998. The average Bonchev–Trinajstić information content (AvgIpc) is 3.11. The second-order valence-electron chi connectivity index (χ2n) is 6.67. The quantitative estimate of drug-likeness (QED) is 0.442. The molecule has 1 N–H and O–H groups in total. The molecule has 4 rings (SSSR count). The SMILES string of the molecule is C=CCn1c(=NC(=O)c2cccc(NS(=O)(=O)c3ccccc3)c2)sc2ccccc21. The normalized spacial score (nSPS) is 12.1. The third-order valence-corrected chi connectivity index (χ3v) is 6.97. The maximum absolute atomic E-state index is 12.9. The van der Waals surface area contributed by atoms with E-state index < -0.39 is 15.9 Å². The summed E-state index contributed by atoms with van der Waals surface area (Å²) in [6, 6.07) is 22.2. The Morgan fingerprint density at radius 3 is 2.55 bits per heavy atom. The molecule has 1 heterocycles. The molecule has 6 nitrogen and oxygen atoms in total. The second-order valence-corrected chi connectivity index (χ2v) is 9.36. The maximum atomic E-state index is 12.9. The number of anilines is 1. The van der Waals surface area contributed by atoms with Crippen molar-refractivity contribution in [3.8, 4) is 0 Å². The van der Waals surface area contributed by atoms with Gasteiger partial charge in [0.15, 0.2) is 4.80 Å². The summed E-state index contributed by atoms with van der Waals surface area (Å²) in [7, 11) is -3.75. The number of amides is 1. The van der Waals surface area contributed by atoms with Crippen molar-refractivity contribution in [2.45, 2.75) is 11.4 Å². The third kappa shape index (κ3) is 4.50. The number of para-hydroxylation sites is 1. The first-order valence-corrected chi connectivity index (χ1v) is 11.7. The zero-order valence-electron chi connectivity index (χ0n) is 16.4. The van der Waals surface area contributed by atoms with Crippen molar-refractivity contribution in [3.63, 3.8) is 0 Å². The highest BCUT2D eigenvalue weighted by molar-refractivity contribution is 7.92. The van der Waals surface area contributed by atoms with Gasteiger partial charge >= 0.3 is 0 Å². The molecule has 1 aromatic heterocycles. The summed E-state index contributed by atoms with van der Waals surface area (Å²) in [5, 5.41) is 0. The summed E-state index contributed by atoms with van der Waals surface area (Å²) in [6.45, 7) is 4.30. The number of rotatable bonds is 6. The van der Waals surface area contributed by atoms with Gasteiger partial charge in [0.2, 0.25) is 0 Å². The van der Waals surface area contributed by atoms with E-state index in [1.54, 1.807) is 42.5 Å². The van der Waals surface area contributed by atoms with E-state index in [0.717, 1.165) is 10.2 Å². The Bertz CT molecular complexity index is 1440. The van der Waals surface area contributed by atoms with E-state index in [4.69, 9.17) is 0 Å². The molecule has 0 aliphatic heterocycles. The van der Waals surface area contributed by atoms with Gasteiger partial charge in [0.05, 0.1) is 15.1 Å². The van der Waals surface area contributed by atoms with Crippen LogP contribution in [0.25, 0.3) is 10.2 Å². The summed E-state index contributed by atoms with van der Waals surface area (Å²) in [5.74, 6) is -0.454. The molecule has 0 fully saturated rings. The van der Waals surface area contributed by atoms with Crippen LogP contribution in [0.1, 0.15) is 10.4 Å². The van der Waals surface area contributed by atoms with E-state index in [1.165, 1.54) is 29.5 Å². The monoisotopic (exact) mass is 449 g/mol. The molecule has 0 bridgehead atoms. The van der Waals surface area contributed by atoms with Gasteiger partial charge in [0.25, 0.3) is 15.9 Å². The number of carbonyl (C=O) groups excluding carboxylic acids is 1. The van der Waals surface area contributed by atoms with Gasteiger partial charge in [0.1, 0.15) is 0 Å². The lowest BCUT2D eigenvalue weighted by atomic mass is 10.2. The van der Waals surface area contributed by atoms with Crippen LogP contribution < -0.4 is 9.52 Å². The van der Waals surface area contributed by atoms with Crippen LogP contribution in [0.2, 0.25) is 0 Å². The van der Waals surface area contributed by atoms with Gasteiger partial charge in [0, 0.05) is 17.8 Å². The Hall–Kier alpha value is -3.49. The standard InChI is InChI=1S/C23H19N3O3S2/c1-2-15-26-20-13-6-7-14-21(20)30-23(26)24-22(27)17-9-8-10-18(16-17)25-31(28,29)19-11-4-3-5-12-19/h2-14,16,25H,1,15H2. The molecule has 0 spiro atoms. The molecule has 0 unspecified atom stereocenters. The topological polar surface area (TPSA) is 80.5 Å². The number of carbonyl (C=O) groups is 1. The van der Waals surface area contributed by atoms with Gasteiger partial charge in [-0.25, -0.2) is 8.42 Å². The zero-order valence-corrected chi connectivity index (χ0v) is 18.1. The van der Waals surface area contributed by atoms with E-state index in [9.17, 15) is 13.2 Å². The van der Waals surface area contributed by atoms with Crippen molar-refractivity contribution in [2.24, 2.45) is 4.99 Å². The van der Waals surface area contributed by atoms with Gasteiger partial charge in [-0.05, 0) is 42.5 Å².